The van der Waals surface area contributed by atoms with Crippen LogP contribution < -0.4 is 39.4 Å². The Balaban J connectivity index is 1.18. The number of nitrogens with zero attached hydrogens (tertiary/aromatic N) is 8. The Morgan fingerprint density at radius 3 is 1.15 bits per heavy atom. The molecule has 4 heterocycles. The molecular formula is C48H72N10O4. The molecule has 0 saturated carbocycles. The topological polar surface area (TPSA) is 145 Å². The molecule has 2 aromatic heterocycles. The predicted molar refractivity (Wildman–Crippen MR) is 246 cm³/mol. The molecule has 0 amide bonds. The maximum absolute atomic E-state index is 5.54. The van der Waals surface area contributed by atoms with Gasteiger partial charge in [0.15, 0.2) is 0 Å². The van der Waals surface area contributed by atoms with Gasteiger partial charge in [0.1, 0.15) is 0 Å². The molecule has 2 saturated heterocycles. The Morgan fingerprint density at radius 2 is 0.823 bits per heavy atom. The van der Waals surface area contributed by atoms with Crippen molar-refractivity contribution in [3.05, 3.63) is 71.8 Å². The van der Waals surface area contributed by atoms with Crippen molar-refractivity contribution in [2.75, 3.05) is 51.3 Å². The smallest absolute Gasteiger partial charge is 0.324 e. The first-order valence-corrected chi connectivity index (χ1v) is 22.5. The molecule has 2 aromatic carbocycles. The van der Waals surface area contributed by atoms with Gasteiger partial charge in [0.05, 0.1) is 28.4 Å². The highest BCUT2D eigenvalue weighted by atomic mass is 16.5. The van der Waals surface area contributed by atoms with Crippen molar-refractivity contribution in [2.24, 2.45) is 0 Å². The number of hydrogen-bond donors (Lipinski definition) is 2. The molecule has 4 atom stereocenters. The summed E-state index contributed by atoms with van der Waals surface area (Å²) in [6, 6.07) is 22.9. The van der Waals surface area contributed by atoms with Gasteiger partial charge in [-0.2, -0.15) is 19.9 Å². The van der Waals surface area contributed by atoms with Gasteiger partial charge in [-0.25, -0.2) is 0 Å². The third-order valence-corrected chi connectivity index (χ3v) is 12.6. The molecule has 62 heavy (non-hydrogen) atoms. The zero-order chi connectivity index (χ0) is 44.4. The molecule has 14 heteroatoms. The minimum Gasteiger partial charge on any atom is -0.467 e. The molecule has 4 aromatic rings. The number of aryl methyl sites for hydroxylation is 2. The summed E-state index contributed by atoms with van der Waals surface area (Å²) in [7, 11) is 6.33. The van der Waals surface area contributed by atoms with Gasteiger partial charge in [-0.1, -0.05) is 73.5 Å². The second-order valence-corrected chi connectivity index (χ2v) is 19.3. The van der Waals surface area contributed by atoms with Gasteiger partial charge in [0.25, 0.3) is 0 Å². The lowest BCUT2D eigenvalue weighted by molar-refractivity contribution is 0.135. The fourth-order valence-corrected chi connectivity index (χ4v) is 10.2. The zero-order valence-corrected chi connectivity index (χ0v) is 39.0. The summed E-state index contributed by atoms with van der Waals surface area (Å²) in [6.07, 6.45) is 11.8. The molecule has 2 fully saturated rings. The van der Waals surface area contributed by atoms with Crippen LogP contribution in [0.15, 0.2) is 60.7 Å². The molecule has 0 bridgehead atoms. The number of ether oxygens (including phenoxy) is 4. The number of methoxy groups -OCH3 is 4. The zero-order valence-electron chi connectivity index (χ0n) is 39.0. The number of piperidine rings is 2. The van der Waals surface area contributed by atoms with E-state index >= 15 is 0 Å². The lowest BCUT2D eigenvalue weighted by Crippen LogP contribution is -2.64. The van der Waals surface area contributed by atoms with Crippen LogP contribution in [0.2, 0.25) is 0 Å². The van der Waals surface area contributed by atoms with Crippen molar-refractivity contribution in [3.63, 3.8) is 0 Å². The van der Waals surface area contributed by atoms with Crippen molar-refractivity contribution in [1.29, 1.82) is 0 Å². The monoisotopic (exact) mass is 853 g/mol. The van der Waals surface area contributed by atoms with Gasteiger partial charge in [0, 0.05) is 47.3 Å². The van der Waals surface area contributed by atoms with E-state index in [4.69, 9.17) is 38.9 Å². The second-order valence-electron chi connectivity index (χ2n) is 19.3. The highest BCUT2D eigenvalue weighted by Gasteiger charge is 2.44. The summed E-state index contributed by atoms with van der Waals surface area (Å²) in [6.45, 7) is 15.6. The van der Waals surface area contributed by atoms with E-state index in [0.29, 0.717) is 11.9 Å². The molecule has 4 unspecified atom stereocenters. The van der Waals surface area contributed by atoms with Gasteiger partial charge in [0.2, 0.25) is 11.9 Å². The molecule has 2 N–H and O–H groups in total. The van der Waals surface area contributed by atoms with E-state index in [0.717, 1.165) is 90.1 Å². The van der Waals surface area contributed by atoms with Crippen molar-refractivity contribution in [1.82, 2.24) is 40.5 Å². The van der Waals surface area contributed by atoms with E-state index in [1.807, 2.05) is 0 Å². The fourth-order valence-electron chi connectivity index (χ4n) is 10.2. The van der Waals surface area contributed by atoms with Crippen LogP contribution in [0.25, 0.3) is 0 Å². The largest absolute Gasteiger partial charge is 0.467 e. The Kier molecular flexibility index (Phi) is 15.5. The molecule has 0 aliphatic carbocycles. The Bertz CT molecular complexity index is 1820. The van der Waals surface area contributed by atoms with Gasteiger partial charge >= 0.3 is 24.0 Å². The van der Waals surface area contributed by atoms with Gasteiger partial charge in [-0.3, -0.25) is 0 Å². The Labute approximate surface area is 370 Å². The number of nitrogens with one attached hydrogen (secondary N) is 2. The summed E-state index contributed by atoms with van der Waals surface area (Å²) in [5.74, 6) is 1.18. The third-order valence-electron chi connectivity index (χ3n) is 12.6. The quantitative estimate of drug-likeness (QED) is 0.0787. The van der Waals surface area contributed by atoms with Crippen LogP contribution >= 0.6 is 0 Å². The van der Waals surface area contributed by atoms with E-state index in [1.165, 1.54) is 11.1 Å². The van der Waals surface area contributed by atoms with E-state index in [9.17, 15) is 0 Å². The van der Waals surface area contributed by atoms with Crippen molar-refractivity contribution < 1.29 is 18.9 Å². The average molecular weight is 853 g/mol. The summed E-state index contributed by atoms with van der Waals surface area (Å²) in [5, 5.41) is 8.05. The number of hydrogen-bond acceptors (Lipinski definition) is 14. The molecule has 2 aliphatic rings. The molecule has 2 aliphatic heterocycles. The highest BCUT2D eigenvalue weighted by Crippen LogP contribution is 2.38. The van der Waals surface area contributed by atoms with E-state index in [1.54, 1.807) is 28.4 Å². The Morgan fingerprint density at radius 1 is 0.484 bits per heavy atom. The third kappa shape index (κ3) is 12.9. The average Bonchev–Trinajstić information content (AvgIpc) is 3.25. The number of anilines is 2. The van der Waals surface area contributed by atoms with Crippen LogP contribution in [0.5, 0.6) is 24.0 Å². The van der Waals surface area contributed by atoms with Gasteiger partial charge < -0.3 is 39.4 Å². The summed E-state index contributed by atoms with van der Waals surface area (Å²) < 4.78 is 22.2. The van der Waals surface area contributed by atoms with Crippen LogP contribution in [0.3, 0.4) is 0 Å². The minimum absolute atomic E-state index is 0.0909. The van der Waals surface area contributed by atoms with Crippen molar-refractivity contribution >= 4 is 11.9 Å². The second kappa shape index (κ2) is 20.6. The predicted octanol–water partition coefficient (Wildman–Crippen LogP) is 7.81. The standard InChI is InChI=1S/C48H72N10O4/c1-45(2)31-37(33-47(5,55-45)27-25-35-21-15-13-16-22-35)57(39-49-41(59-7)53-42(50-39)60-8)29-19-11-12-20-30-58(40-51-43(61-9)54-44(52-40)62-10)38-32-46(3,4)56-48(6,34-38)28-26-36-23-17-14-18-24-36/h13-18,21-24,37-38,55-56H,11-12,19-20,25-34H2,1-10H3. The van der Waals surface area contributed by atoms with Crippen LogP contribution in [-0.2, 0) is 12.8 Å². The van der Waals surface area contributed by atoms with Crippen LogP contribution in [0.1, 0.15) is 117 Å². The van der Waals surface area contributed by atoms with Gasteiger partial charge in [-0.15, -0.1) is 9.97 Å². The molecule has 14 nitrogen and oxygen atoms in total. The SMILES string of the molecule is COc1nc(OC)nc(N(CCCCCCN(c2nc(OC)nc(OC)n2)C2CC(C)(C)NC(C)(CCc3ccccc3)C2)C2CC(C)(C)NC(C)(CCc3ccccc3)C2)n1. The lowest BCUT2D eigenvalue weighted by Gasteiger charge is -2.51. The minimum atomic E-state index is -0.0987. The molecule has 338 valence electrons. The first-order valence-electron chi connectivity index (χ1n) is 22.5. The lowest BCUT2D eigenvalue weighted by atomic mass is 9.75. The van der Waals surface area contributed by atoms with Crippen LogP contribution in [0, 0.1) is 0 Å². The fraction of sp³-hybridized carbons (Fsp3) is 0.625. The number of rotatable bonds is 21. The highest BCUT2D eigenvalue weighted by molar-refractivity contribution is 5.37. The molecular weight excluding hydrogens is 781 g/mol. The maximum atomic E-state index is 5.54. The first kappa shape index (κ1) is 46.7. The van der Waals surface area contributed by atoms with E-state index < -0.39 is 0 Å². The maximum Gasteiger partial charge on any atom is 0.324 e. The number of benzene rings is 2. The van der Waals surface area contributed by atoms with E-state index in [2.05, 4.69) is 133 Å². The van der Waals surface area contributed by atoms with E-state index in [-0.39, 0.29) is 58.3 Å². The summed E-state index contributed by atoms with van der Waals surface area (Å²) in [4.78, 5) is 32.7. The van der Waals surface area contributed by atoms with Crippen LogP contribution in [0.4, 0.5) is 11.9 Å². The summed E-state index contributed by atoms with van der Waals surface area (Å²) >= 11 is 0. The molecule has 6 rings (SSSR count). The van der Waals surface area contributed by atoms with Gasteiger partial charge in [-0.05, 0) is 117 Å². The van der Waals surface area contributed by atoms with Crippen LogP contribution in [-0.4, -0.2) is 106 Å². The van der Waals surface area contributed by atoms with Crippen molar-refractivity contribution in [3.8, 4) is 24.0 Å². The van der Waals surface area contributed by atoms with Crippen molar-refractivity contribution in [2.45, 2.75) is 153 Å². The first-order chi connectivity index (χ1) is 29.6. The molecule has 0 spiro atoms. The number of aromatic nitrogens is 6. The normalized spacial score (nSPS) is 23.0. The number of unbranched alkanes of at least 4 members (excludes halogenated alkanes) is 3. The molecule has 0 radical (unpaired) electrons. The summed E-state index contributed by atoms with van der Waals surface area (Å²) in [5.41, 5.74) is 2.33. The Hall–Kier alpha value is -4.82.